The molecule has 8 heteroatoms. The first-order chi connectivity index (χ1) is 11.4. The molecule has 0 saturated carbocycles. The second-order valence-corrected chi connectivity index (χ2v) is 4.67. The summed E-state index contributed by atoms with van der Waals surface area (Å²) in [7, 11) is 0. The van der Waals surface area contributed by atoms with Gasteiger partial charge in [-0.05, 0) is 30.2 Å². The molecule has 1 aromatic heterocycles. The number of benzene rings is 1. The molecule has 0 unspecified atom stereocenters. The Kier molecular flexibility index (Phi) is 5.37. The molecule has 0 spiro atoms. The van der Waals surface area contributed by atoms with E-state index in [-0.39, 0.29) is 13.1 Å². The molecule has 0 fully saturated rings. The first kappa shape index (κ1) is 17.3. The number of amides is 1. The van der Waals surface area contributed by atoms with Crippen molar-refractivity contribution in [3.05, 3.63) is 53.2 Å². The predicted octanol–water partition coefficient (Wildman–Crippen LogP) is 2.32. The van der Waals surface area contributed by atoms with Gasteiger partial charge in [-0.3, -0.25) is 4.79 Å². The molecule has 0 atom stereocenters. The van der Waals surface area contributed by atoms with Crippen molar-refractivity contribution in [2.45, 2.75) is 6.18 Å². The van der Waals surface area contributed by atoms with Crippen molar-refractivity contribution >= 4 is 11.7 Å². The molecule has 5 nitrogen and oxygen atoms in total. The number of carbonyl (C=O) groups is 1. The number of halogens is 3. The molecule has 1 aromatic carbocycles. The molecular weight excluding hydrogens is 321 g/mol. The molecule has 1 heterocycles. The van der Waals surface area contributed by atoms with Crippen molar-refractivity contribution in [2.75, 3.05) is 18.4 Å². The van der Waals surface area contributed by atoms with Gasteiger partial charge in [0.1, 0.15) is 11.5 Å². The van der Waals surface area contributed by atoms with E-state index in [2.05, 4.69) is 26.8 Å². The van der Waals surface area contributed by atoms with Crippen LogP contribution in [-0.2, 0) is 6.18 Å². The highest BCUT2D eigenvalue weighted by Gasteiger charge is 2.34. The molecule has 0 bridgehead atoms. The molecule has 124 valence electrons. The average Bonchev–Trinajstić information content (AvgIpc) is 2.58. The van der Waals surface area contributed by atoms with Crippen LogP contribution in [0.1, 0.15) is 21.6 Å². The van der Waals surface area contributed by atoms with Gasteiger partial charge in [0, 0.05) is 13.1 Å². The number of terminal acetylenes is 1. The van der Waals surface area contributed by atoms with Crippen molar-refractivity contribution in [1.29, 1.82) is 0 Å². The molecule has 0 radical (unpaired) electrons. The lowest BCUT2D eigenvalue weighted by molar-refractivity contribution is -0.137. The van der Waals surface area contributed by atoms with Gasteiger partial charge in [0.2, 0.25) is 0 Å². The number of carbonyl (C=O) groups excluding carboxylic acids is 1. The summed E-state index contributed by atoms with van der Waals surface area (Å²) in [5.41, 5.74) is -0.994. The number of alkyl halides is 3. The van der Waals surface area contributed by atoms with Crippen LogP contribution in [0.2, 0.25) is 0 Å². The molecule has 0 aliphatic rings. The predicted molar refractivity (Wildman–Crippen MR) is 82.2 cm³/mol. The van der Waals surface area contributed by atoms with Crippen molar-refractivity contribution in [3.63, 3.8) is 0 Å². The van der Waals surface area contributed by atoms with Gasteiger partial charge in [-0.15, -0.1) is 16.6 Å². The van der Waals surface area contributed by atoms with E-state index in [0.717, 1.165) is 12.1 Å². The fraction of sp³-hybridized carbons (Fsp3) is 0.188. The highest BCUT2D eigenvalue weighted by atomic mass is 19.4. The van der Waals surface area contributed by atoms with E-state index < -0.39 is 23.2 Å². The van der Waals surface area contributed by atoms with Crippen LogP contribution in [0.5, 0.6) is 0 Å². The lowest BCUT2D eigenvalue weighted by Gasteiger charge is -2.12. The standard InChI is InChI=1S/C16H13F3N4O/c1-2-11-7-8-14(23-22-11)20-9-10-21-15(24)12-5-3-4-6-13(12)16(17,18)19/h1,3-8H,9-10H2,(H,20,23)(H,21,24). The summed E-state index contributed by atoms with van der Waals surface area (Å²) >= 11 is 0. The van der Waals surface area contributed by atoms with Gasteiger partial charge in [-0.2, -0.15) is 13.2 Å². The van der Waals surface area contributed by atoms with E-state index in [4.69, 9.17) is 6.42 Å². The van der Waals surface area contributed by atoms with E-state index in [9.17, 15) is 18.0 Å². The van der Waals surface area contributed by atoms with Gasteiger partial charge in [0.25, 0.3) is 5.91 Å². The highest BCUT2D eigenvalue weighted by Crippen LogP contribution is 2.31. The van der Waals surface area contributed by atoms with Crippen molar-refractivity contribution in [3.8, 4) is 12.3 Å². The minimum atomic E-state index is -4.58. The van der Waals surface area contributed by atoms with Gasteiger partial charge < -0.3 is 10.6 Å². The molecular formula is C16H13F3N4O. The van der Waals surface area contributed by atoms with Gasteiger partial charge in [0.15, 0.2) is 0 Å². The van der Waals surface area contributed by atoms with Crippen LogP contribution in [0.3, 0.4) is 0 Å². The Morgan fingerprint density at radius 2 is 1.88 bits per heavy atom. The number of aromatic nitrogens is 2. The normalized spacial score (nSPS) is 10.8. The minimum absolute atomic E-state index is 0.115. The molecule has 24 heavy (non-hydrogen) atoms. The van der Waals surface area contributed by atoms with Crippen LogP contribution in [0.15, 0.2) is 36.4 Å². The van der Waals surface area contributed by atoms with E-state index in [1.54, 1.807) is 12.1 Å². The molecule has 0 saturated heterocycles. The smallest absolute Gasteiger partial charge is 0.367 e. The summed E-state index contributed by atoms with van der Waals surface area (Å²) in [6, 6.07) is 7.83. The lowest BCUT2D eigenvalue weighted by atomic mass is 10.1. The van der Waals surface area contributed by atoms with Crippen molar-refractivity contribution < 1.29 is 18.0 Å². The van der Waals surface area contributed by atoms with E-state index in [0.29, 0.717) is 11.5 Å². The Morgan fingerprint density at radius 3 is 2.50 bits per heavy atom. The Hall–Kier alpha value is -3.08. The summed E-state index contributed by atoms with van der Waals surface area (Å²) in [6.07, 6.45) is 0.570. The number of rotatable bonds is 5. The maximum absolute atomic E-state index is 12.9. The summed E-state index contributed by atoms with van der Waals surface area (Å²) in [5.74, 6) is 1.97. The topological polar surface area (TPSA) is 66.9 Å². The number of hydrogen-bond acceptors (Lipinski definition) is 4. The molecule has 2 rings (SSSR count). The SMILES string of the molecule is C#Cc1ccc(NCCNC(=O)c2ccccc2C(F)(F)F)nn1. The number of anilines is 1. The van der Waals surface area contributed by atoms with Gasteiger partial charge in [-0.1, -0.05) is 12.1 Å². The maximum atomic E-state index is 12.9. The molecule has 0 aliphatic heterocycles. The third-order valence-corrected chi connectivity index (χ3v) is 3.01. The van der Waals surface area contributed by atoms with E-state index in [1.165, 1.54) is 12.1 Å². The summed E-state index contributed by atoms with van der Waals surface area (Å²) in [6.45, 7) is 0.383. The second-order valence-electron chi connectivity index (χ2n) is 4.67. The average molecular weight is 334 g/mol. The zero-order valence-electron chi connectivity index (χ0n) is 12.4. The number of hydrogen-bond donors (Lipinski definition) is 2. The molecule has 0 aliphatic carbocycles. The van der Waals surface area contributed by atoms with Crippen LogP contribution in [0.4, 0.5) is 19.0 Å². The number of nitrogens with zero attached hydrogens (tertiary/aromatic N) is 2. The third-order valence-electron chi connectivity index (χ3n) is 3.01. The monoisotopic (exact) mass is 334 g/mol. The van der Waals surface area contributed by atoms with Crippen LogP contribution in [0.25, 0.3) is 0 Å². The summed E-state index contributed by atoms with van der Waals surface area (Å²) in [4.78, 5) is 11.9. The van der Waals surface area contributed by atoms with Crippen LogP contribution >= 0.6 is 0 Å². The fourth-order valence-corrected chi connectivity index (χ4v) is 1.89. The summed E-state index contributed by atoms with van der Waals surface area (Å²) < 4.78 is 38.6. The van der Waals surface area contributed by atoms with Gasteiger partial charge in [-0.25, -0.2) is 0 Å². The van der Waals surface area contributed by atoms with Crippen LogP contribution in [-0.4, -0.2) is 29.2 Å². The Balaban J connectivity index is 1.89. The first-order valence-electron chi connectivity index (χ1n) is 6.90. The zero-order chi connectivity index (χ0) is 17.6. The Labute approximate surface area is 136 Å². The van der Waals surface area contributed by atoms with Gasteiger partial charge >= 0.3 is 6.18 Å². The van der Waals surface area contributed by atoms with E-state index >= 15 is 0 Å². The highest BCUT2D eigenvalue weighted by molar-refractivity contribution is 5.95. The lowest BCUT2D eigenvalue weighted by Crippen LogP contribution is -2.30. The molecule has 1 amide bonds. The van der Waals surface area contributed by atoms with Gasteiger partial charge in [0.05, 0.1) is 11.1 Å². The largest absolute Gasteiger partial charge is 0.417 e. The Bertz CT molecular complexity index is 751. The third kappa shape index (κ3) is 4.46. The van der Waals surface area contributed by atoms with Crippen LogP contribution in [0, 0.1) is 12.3 Å². The Morgan fingerprint density at radius 1 is 1.12 bits per heavy atom. The minimum Gasteiger partial charge on any atom is -0.367 e. The second kappa shape index (κ2) is 7.46. The number of nitrogens with one attached hydrogen (secondary N) is 2. The molecule has 2 N–H and O–H groups in total. The van der Waals surface area contributed by atoms with Crippen molar-refractivity contribution in [1.82, 2.24) is 15.5 Å². The zero-order valence-corrected chi connectivity index (χ0v) is 12.4. The summed E-state index contributed by atoms with van der Waals surface area (Å²) in [5, 5.41) is 12.8. The fourth-order valence-electron chi connectivity index (χ4n) is 1.89. The van der Waals surface area contributed by atoms with Crippen molar-refractivity contribution in [2.24, 2.45) is 0 Å². The van der Waals surface area contributed by atoms with Crippen LogP contribution < -0.4 is 10.6 Å². The first-order valence-corrected chi connectivity index (χ1v) is 6.90. The molecule has 2 aromatic rings. The quantitative estimate of drug-likeness (QED) is 0.650. The maximum Gasteiger partial charge on any atom is 0.417 e. The van der Waals surface area contributed by atoms with E-state index in [1.807, 2.05) is 0 Å².